The summed E-state index contributed by atoms with van der Waals surface area (Å²) in [6, 6.07) is 8.98. The van der Waals surface area contributed by atoms with Gasteiger partial charge in [-0.25, -0.2) is 9.18 Å². The maximum absolute atomic E-state index is 13.5. The Morgan fingerprint density at radius 3 is 2.25 bits per heavy atom. The van der Waals surface area contributed by atoms with Crippen molar-refractivity contribution in [2.45, 2.75) is 0 Å². The van der Waals surface area contributed by atoms with E-state index in [1.54, 1.807) is 18.2 Å². The van der Waals surface area contributed by atoms with E-state index in [1.165, 1.54) is 45.6 Å². The summed E-state index contributed by atoms with van der Waals surface area (Å²) in [4.78, 5) is 23.6. The summed E-state index contributed by atoms with van der Waals surface area (Å²) in [6.07, 6.45) is 2.62. The number of anilines is 1. The van der Waals surface area contributed by atoms with Crippen molar-refractivity contribution in [3.8, 4) is 17.2 Å². The SMILES string of the molecule is COc1cc(C=CC(=O)OCC(=O)Nc2ccccc2F)cc(OC)c1OC. The molecule has 0 heterocycles. The van der Waals surface area contributed by atoms with Gasteiger partial charge in [-0.15, -0.1) is 0 Å². The first-order chi connectivity index (χ1) is 13.5. The Morgan fingerprint density at radius 1 is 1.04 bits per heavy atom. The van der Waals surface area contributed by atoms with Gasteiger partial charge in [-0.1, -0.05) is 12.1 Å². The van der Waals surface area contributed by atoms with Gasteiger partial charge in [-0.3, -0.25) is 4.79 Å². The Labute approximate surface area is 161 Å². The summed E-state index contributed by atoms with van der Waals surface area (Å²) in [5.74, 6) is -0.686. The van der Waals surface area contributed by atoms with Crippen LogP contribution in [0.5, 0.6) is 17.2 Å². The normalized spacial score (nSPS) is 10.4. The Balaban J connectivity index is 1.96. The third kappa shape index (κ3) is 5.47. The van der Waals surface area contributed by atoms with Gasteiger partial charge in [-0.2, -0.15) is 0 Å². The molecule has 0 aromatic heterocycles. The van der Waals surface area contributed by atoms with Gasteiger partial charge in [0.2, 0.25) is 5.75 Å². The summed E-state index contributed by atoms with van der Waals surface area (Å²) in [6.45, 7) is -0.549. The lowest BCUT2D eigenvalue weighted by Gasteiger charge is -2.12. The van der Waals surface area contributed by atoms with Gasteiger partial charge >= 0.3 is 5.97 Å². The summed E-state index contributed by atoms with van der Waals surface area (Å²) in [7, 11) is 4.44. The number of carbonyl (C=O) groups excluding carboxylic acids is 2. The van der Waals surface area contributed by atoms with E-state index >= 15 is 0 Å². The standard InChI is InChI=1S/C20H20FNO6/c1-25-16-10-13(11-17(26-2)20(16)27-3)8-9-19(24)28-12-18(23)22-15-7-5-4-6-14(15)21/h4-11H,12H2,1-3H3,(H,22,23). The molecule has 7 nitrogen and oxygen atoms in total. The van der Waals surface area contributed by atoms with Crippen molar-refractivity contribution in [3.63, 3.8) is 0 Å². The molecule has 0 unspecified atom stereocenters. The molecule has 0 spiro atoms. The highest BCUT2D eigenvalue weighted by Crippen LogP contribution is 2.38. The van der Waals surface area contributed by atoms with Crippen LogP contribution in [0.2, 0.25) is 0 Å². The minimum atomic E-state index is -0.738. The number of rotatable bonds is 8. The molecule has 0 radical (unpaired) electrons. The number of carbonyl (C=O) groups is 2. The molecule has 1 N–H and O–H groups in total. The quantitative estimate of drug-likeness (QED) is 0.552. The minimum absolute atomic E-state index is 0.0107. The number of nitrogens with one attached hydrogen (secondary N) is 1. The number of benzene rings is 2. The fourth-order valence-electron chi connectivity index (χ4n) is 2.30. The second-order valence-corrected chi connectivity index (χ2v) is 5.43. The van der Waals surface area contributed by atoms with Gasteiger partial charge in [0.15, 0.2) is 18.1 Å². The van der Waals surface area contributed by atoms with Crippen molar-refractivity contribution >= 4 is 23.6 Å². The summed E-state index contributed by atoms with van der Waals surface area (Å²) in [5.41, 5.74) is 0.610. The number of hydrogen-bond acceptors (Lipinski definition) is 6. The first-order valence-electron chi connectivity index (χ1n) is 8.17. The van der Waals surface area contributed by atoms with Crippen molar-refractivity contribution in [1.29, 1.82) is 0 Å². The maximum Gasteiger partial charge on any atom is 0.331 e. The molecule has 0 saturated heterocycles. The predicted octanol–water partition coefficient (Wildman–Crippen LogP) is 3.05. The highest BCUT2D eigenvalue weighted by Gasteiger charge is 2.12. The van der Waals surface area contributed by atoms with E-state index in [2.05, 4.69) is 5.32 Å². The topological polar surface area (TPSA) is 83.1 Å². The molecular formula is C20H20FNO6. The van der Waals surface area contributed by atoms with Gasteiger partial charge in [0, 0.05) is 6.08 Å². The van der Waals surface area contributed by atoms with Crippen LogP contribution in [-0.4, -0.2) is 39.8 Å². The van der Waals surface area contributed by atoms with Crippen LogP contribution in [0.25, 0.3) is 6.08 Å². The lowest BCUT2D eigenvalue weighted by molar-refractivity contribution is -0.142. The minimum Gasteiger partial charge on any atom is -0.493 e. The lowest BCUT2D eigenvalue weighted by Crippen LogP contribution is -2.20. The zero-order valence-corrected chi connectivity index (χ0v) is 15.7. The molecule has 0 aliphatic carbocycles. The van der Waals surface area contributed by atoms with Crippen LogP contribution >= 0.6 is 0 Å². The average Bonchev–Trinajstić information content (AvgIpc) is 2.71. The fraction of sp³-hybridized carbons (Fsp3) is 0.200. The molecule has 2 aromatic carbocycles. The molecule has 0 atom stereocenters. The molecule has 2 aromatic rings. The van der Waals surface area contributed by atoms with E-state index in [0.29, 0.717) is 22.8 Å². The van der Waals surface area contributed by atoms with Gasteiger partial charge in [0.1, 0.15) is 5.82 Å². The second-order valence-electron chi connectivity index (χ2n) is 5.43. The van der Waals surface area contributed by atoms with Gasteiger partial charge in [0.25, 0.3) is 5.91 Å². The molecule has 0 saturated carbocycles. The summed E-state index contributed by atoms with van der Waals surface area (Å²) < 4.78 is 34.0. The average molecular weight is 389 g/mol. The van der Waals surface area contributed by atoms with Gasteiger partial charge in [0.05, 0.1) is 27.0 Å². The van der Waals surface area contributed by atoms with Gasteiger partial charge in [-0.05, 0) is 35.9 Å². The van der Waals surface area contributed by atoms with E-state index in [1.807, 2.05) is 0 Å². The number of para-hydroxylation sites is 1. The first-order valence-corrected chi connectivity index (χ1v) is 8.17. The van der Waals surface area contributed by atoms with Gasteiger partial charge < -0.3 is 24.3 Å². The van der Waals surface area contributed by atoms with Crippen LogP contribution in [0.4, 0.5) is 10.1 Å². The third-order valence-corrected chi connectivity index (χ3v) is 3.59. The summed E-state index contributed by atoms with van der Waals surface area (Å²) >= 11 is 0. The Bertz CT molecular complexity index is 856. The van der Waals surface area contributed by atoms with E-state index in [4.69, 9.17) is 18.9 Å². The Kier molecular flexibility index (Phi) is 7.38. The number of ether oxygens (including phenoxy) is 4. The van der Waals surface area contributed by atoms with Crippen molar-refractivity contribution in [1.82, 2.24) is 0 Å². The largest absolute Gasteiger partial charge is 0.493 e. The zero-order chi connectivity index (χ0) is 20.5. The van der Waals surface area contributed by atoms with Crippen LogP contribution in [-0.2, 0) is 14.3 Å². The van der Waals surface area contributed by atoms with Crippen molar-refractivity contribution in [2.24, 2.45) is 0 Å². The smallest absolute Gasteiger partial charge is 0.331 e. The van der Waals surface area contributed by atoms with Crippen molar-refractivity contribution in [2.75, 3.05) is 33.3 Å². The molecule has 0 fully saturated rings. The number of amides is 1. The number of hydrogen-bond donors (Lipinski definition) is 1. The Hall–Kier alpha value is -3.55. The molecule has 0 aliphatic heterocycles. The molecule has 1 amide bonds. The zero-order valence-electron chi connectivity index (χ0n) is 15.7. The molecular weight excluding hydrogens is 369 g/mol. The fourth-order valence-corrected chi connectivity index (χ4v) is 2.30. The number of esters is 1. The lowest BCUT2D eigenvalue weighted by atomic mass is 10.1. The first kappa shape index (κ1) is 20.8. The molecule has 2 rings (SSSR count). The number of halogens is 1. The predicted molar refractivity (Wildman–Crippen MR) is 101 cm³/mol. The van der Waals surface area contributed by atoms with E-state index in [9.17, 15) is 14.0 Å². The van der Waals surface area contributed by atoms with Crippen LogP contribution in [0.3, 0.4) is 0 Å². The molecule has 0 bridgehead atoms. The Morgan fingerprint density at radius 2 is 1.68 bits per heavy atom. The molecule has 8 heteroatoms. The monoisotopic (exact) mass is 389 g/mol. The molecule has 0 aliphatic rings. The van der Waals surface area contributed by atoms with Crippen molar-refractivity contribution in [3.05, 3.63) is 53.9 Å². The molecule has 148 valence electrons. The van der Waals surface area contributed by atoms with E-state index in [0.717, 1.165) is 6.08 Å². The van der Waals surface area contributed by atoms with Crippen LogP contribution in [0.1, 0.15) is 5.56 Å². The number of methoxy groups -OCH3 is 3. The highest BCUT2D eigenvalue weighted by atomic mass is 19.1. The van der Waals surface area contributed by atoms with Crippen LogP contribution in [0.15, 0.2) is 42.5 Å². The van der Waals surface area contributed by atoms with E-state index < -0.39 is 24.3 Å². The second kappa shape index (κ2) is 9.96. The highest BCUT2D eigenvalue weighted by molar-refractivity contribution is 5.94. The van der Waals surface area contributed by atoms with Crippen LogP contribution in [0, 0.1) is 5.82 Å². The summed E-state index contributed by atoms with van der Waals surface area (Å²) in [5, 5.41) is 2.32. The van der Waals surface area contributed by atoms with E-state index in [-0.39, 0.29) is 5.69 Å². The van der Waals surface area contributed by atoms with Crippen LogP contribution < -0.4 is 19.5 Å². The molecule has 28 heavy (non-hydrogen) atoms. The maximum atomic E-state index is 13.5. The third-order valence-electron chi connectivity index (χ3n) is 3.59. The van der Waals surface area contributed by atoms with Crippen molar-refractivity contribution < 1.29 is 32.9 Å².